The predicted molar refractivity (Wildman–Crippen MR) is 78.5 cm³/mol. The second-order valence-corrected chi connectivity index (χ2v) is 5.87. The van der Waals surface area contributed by atoms with Crippen LogP contribution >= 0.6 is 0 Å². The fourth-order valence-corrected chi connectivity index (χ4v) is 3.14. The molecule has 2 atom stereocenters. The van der Waals surface area contributed by atoms with E-state index in [1.165, 1.54) is 22.2 Å². The summed E-state index contributed by atoms with van der Waals surface area (Å²) in [6, 6.07) is 8.86. The minimum absolute atomic E-state index is 0.268. The van der Waals surface area contributed by atoms with Gasteiger partial charge in [-0.25, -0.2) is 0 Å². The topological polar surface area (TPSA) is 28.3 Å². The lowest BCUT2D eigenvalue weighted by Crippen LogP contribution is -2.48. The summed E-state index contributed by atoms with van der Waals surface area (Å²) in [5, 5.41) is 1.35. The minimum Gasteiger partial charge on any atom is -0.367 e. The average Bonchev–Trinajstić information content (AvgIpc) is 2.78. The molecule has 1 aromatic heterocycles. The number of para-hydroxylation sites is 1. The van der Waals surface area contributed by atoms with Crippen LogP contribution < -0.4 is 0 Å². The number of aromatic nitrogens is 1. The van der Waals surface area contributed by atoms with Gasteiger partial charge in [0.1, 0.15) is 5.60 Å². The van der Waals surface area contributed by atoms with Crippen LogP contribution in [0.5, 0.6) is 0 Å². The van der Waals surface area contributed by atoms with Gasteiger partial charge in [0.15, 0.2) is 0 Å². The van der Waals surface area contributed by atoms with Gasteiger partial charge in [-0.05, 0) is 46.0 Å². The van der Waals surface area contributed by atoms with Crippen molar-refractivity contribution in [1.82, 2.24) is 9.88 Å². The van der Waals surface area contributed by atoms with Gasteiger partial charge in [-0.15, -0.1) is 0 Å². The normalized spacial score (nSPS) is 24.7. The molecule has 0 fully saturated rings. The van der Waals surface area contributed by atoms with Crippen LogP contribution in [0.2, 0.25) is 0 Å². The number of likely N-dealkylation sites (N-methyl/N-ethyl adjacent to an activating group) is 1. The third-order valence-electron chi connectivity index (χ3n) is 4.64. The van der Waals surface area contributed by atoms with E-state index in [2.05, 4.69) is 62.1 Å². The molecule has 0 aliphatic carbocycles. The van der Waals surface area contributed by atoms with Gasteiger partial charge in [0.05, 0.1) is 12.3 Å². The van der Waals surface area contributed by atoms with Gasteiger partial charge >= 0.3 is 0 Å². The molecule has 0 saturated carbocycles. The van der Waals surface area contributed by atoms with E-state index in [-0.39, 0.29) is 5.60 Å². The van der Waals surface area contributed by atoms with Crippen LogP contribution in [-0.4, -0.2) is 36.6 Å². The number of hydrogen-bond donors (Lipinski definition) is 1. The van der Waals surface area contributed by atoms with E-state index in [9.17, 15) is 0 Å². The number of aromatic amines is 1. The van der Waals surface area contributed by atoms with E-state index >= 15 is 0 Å². The van der Waals surface area contributed by atoms with Crippen LogP contribution in [0.15, 0.2) is 24.3 Å². The average molecular weight is 258 g/mol. The molecule has 0 bridgehead atoms. The van der Waals surface area contributed by atoms with Crippen molar-refractivity contribution < 1.29 is 4.74 Å². The first-order valence-electron chi connectivity index (χ1n) is 6.94. The largest absolute Gasteiger partial charge is 0.367 e. The Hall–Kier alpha value is -1.32. The Labute approximate surface area is 114 Å². The lowest BCUT2D eigenvalue weighted by molar-refractivity contribution is -0.0930. The fraction of sp³-hybridized carbons (Fsp3) is 0.500. The van der Waals surface area contributed by atoms with Crippen LogP contribution in [0, 0.1) is 0 Å². The molecule has 2 heterocycles. The summed E-state index contributed by atoms with van der Waals surface area (Å²) in [6.07, 6.45) is 0.995. The summed E-state index contributed by atoms with van der Waals surface area (Å²) in [6.45, 7) is 5.22. The van der Waals surface area contributed by atoms with Gasteiger partial charge in [-0.1, -0.05) is 18.2 Å². The molecule has 1 aliphatic heterocycles. The molecule has 19 heavy (non-hydrogen) atoms. The minimum atomic E-state index is -0.268. The second kappa shape index (κ2) is 4.36. The molecule has 0 saturated heterocycles. The van der Waals surface area contributed by atoms with E-state index < -0.39 is 0 Å². The molecule has 1 aliphatic rings. The number of nitrogens with zero attached hydrogens (tertiary/aromatic N) is 1. The molecule has 0 amide bonds. The lowest BCUT2D eigenvalue weighted by Gasteiger charge is -2.41. The van der Waals surface area contributed by atoms with Crippen LogP contribution in [0.25, 0.3) is 10.9 Å². The standard InChI is InChI=1S/C16H22N2O/c1-11(18(3)4)16(2)15-13(9-10-19-16)12-7-5-6-8-14(12)17-15/h5-8,11,17H,9-10H2,1-4H3. The van der Waals surface area contributed by atoms with Gasteiger partial charge in [-0.3, -0.25) is 0 Å². The quantitative estimate of drug-likeness (QED) is 0.897. The van der Waals surface area contributed by atoms with Gasteiger partial charge < -0.3 is 14.6 Å². The highest BCUT2D eigenvalue weighted by Crippen LogP contribution is 2.39. The zero-order valence-corrected chi connectivity index (χ0v) is 12.2. The van der Waals surface area contributed by atoms with Crippen molar-refractivity contribution in [2.24, 2.45) is 0 Å². The van der Waals surface area contributed by atoms with Crippen molar-refractivity contribution in [1.29, 1.82) is 0 Å². The highest BCUT2D eigenvalue weighted by atomic mass is 16.5. The SMILES string of the molecule is CC(N(C)C)C1(C)OCCc2c1[nH]c1ccccc21. The summed E-state index contributed by atoms with van der Waals surface area (Å²) < 4.78 is 6.17. The Morgan fingerprint density at radius 3 is 2.79 bits per heavy atom. The lowest BCUT2D eigenvalue weighted by atomic mass is 9.87. The molecule has 3 heteroatoms. The molecule has 2 aromatic rings. The molecule has 3 nitrogen and oxygen atoms in total. The molecular weight excluding hydrogens is 236 g/mol. The van der Waals surface area contributed by atoms with Crippen molar-refractivity contribution in [2.45, 2.75) is 31.9 Å². The fourth-order valence-electron chi connectivity index (χ4n) is 3.14. The zero-order valence-electron chi connectivity index (χ0n) is 12.2. The molecular formula is C16H22N2O. The third kappa shape index (κ3) is 1.80. The Balaban J connectivity index is 2.19. The number of hydrogen-bond acceptors (Lipinski definition) is 2. The summed E-state index contributed by atoms with van der Waals surface area (Å²) >= 11 is 0. The third-order valence-corrected chi connectivity index (χ3v) is 4.64. The maximum absolute atomic E-state index is 6.17. The van der Waals surface area contributed by atoms with Gasteiger partial charge in [-0.2, -0.15) is 0 Å². The summed E-state index contributed by atoms with van der Waals surface area (Å²) in [7, 11) is 4.21. The molecule has 3 rings (SSSR count). The molecule has 1 N–H and O–H groups in total. The Morgan fingerprint density at radius 1 is 1.32 bits per heavy atom. The Morgan fingerprint density at radius 2 is 2.05 bits per heavy atom. The zero-order chi connectivity index (χ0) is 13.6. The molecule has 102 valence electrons. The Bertz CT molecular complexity index is 602. The van der Waals surface area contributed by atoms with Crippen LogP contribution in [-0.2, 0) is 16.8 Å². The van der Waals surface area contributed by atoms with Gasteiger partial charge in [0.2, 0.25) is 0 Å². The smallest absolute Gasteiger partial charge is 0.120 e. The molecule has 2 unspecified atom stereocenters. The van der Waals surface area contributed by atoms with E-state index in [0.717, 1.165) is 13.0 Å². The van der Waals surface area contributed by atoms with E-state index in [1.807, 2.05) is 0 Å². The highest BCUT2D eigenvalue weighted by Gasteiger charge is 2.41. The number of fused-ring (bicyclic) bond motifs is 3. The van der Waals surface area contributed by atoms with Crippen molar-refractivity contribution in [2.75, 3.05) is 20.7 Å². The highest BCUT2D eigenvalue weighted by molar-refractivity contribution is 5.85. The molecule has 0 radical (unpaired) electrons. The van der Waals surface area contributed by atoms with E-state index in [0.29, 0.717) is 6.04 Å². The predicted octanol–water partition coefficient (Wildman–Crippen LogP) is 2.91. The van der Waals surface area contributed by atoms with Gasteiger partial charge in [0, 0.05) is 16.9 Å². The van der Waals surface area contributed by atoms with Crippen LogP contribution in [0.3, 0.4) is 0 Å². The number of nitrogens with one attached hydrogen (secondary N) is 1. The number of H-pyrrole nitrogens is 1. The maximum Gasteiger partial charge on any atom is 0.120 e. The van der Waals surface area contributed by atoms with E-state index in [4.69, 9.17) is 4.74 Å². The van der Waals surface area contributed by atoms with Gasteiger partial charge in [0.25, 0.3) is 0 Å². The van der Waals surface area contributed by atoms with Crippen molar-refractivity contribution in [3.8, 4) is 0 Å². The molecule has 0 spiro atoms. The number of ether oxygens (including phenoxy) is 1. The number of benzene rings is 1. The number of rotatable bonds is 2. The van der Waals surface area contributed by atoms with Crippen LogP contribution in [0.1, 0.15) is 25.1 Å². The first kappa shape index (κ1) is 12.7. The van der Waals surface area contributed by atoms with Crippen molar-refractivity contribution in [3.63, 3.8) is 0 Å². The molecule has 1 aromatic carbocycles. The summed E-state index contributed by atoms with van der Waals surface area (Å²) in [5.74, 6) is 0. The van der Waals surface area contributed by atoms with Crippen LogP contribution in [0.4, 0.5) is 0 Å². The first-order valence-corrected chi connectivity index (χ1v) is 6.94. The summed E-state index contributed by atoms with van der Waals surface area (Å²) in [4.78, 5) is 5.81. The van der Waals surface area contributed by atoms with Crippen molar-refractivity contribution in [3.05, 3.63) is 35.5 Å². The maximum atomic E-state index is 6.17. The monoisotopic (exact) mass is 258 g/mol. The first-order chi connectivity index (χ1) is 9.04. The van der Waals surface area contributed by atoms with E-state index in [1.54, 1.807) is 0 Å². The summed E-state index contributed by atoms with van der Waals surface area (Å²) in [5.41, 5.74) is 3.63. The Kier molecular flexibility index (Phi) is 2.91. The second-order valence-electron chi connectivity index (χ2n) is 5.87. The van der Waals surface area contributed by atoms with Crippen molar-refractivity contribution >= 4 is 10.9 Å².